The number of aromatic nitrogens is 2. The monoisotopic (exact) mass is 335 g/mol. The van der Waals surface area contributed by atoms with E-state index in [2.05, 4.69) is 15.2 Å². The number of hydrogen-bond acceptors (Lipinski definition) is 4. The summed E-state index contributed by atoms with van der Waals surface area (Å²) in [5.41, 5.74) is 0. The maximum atomic E-state index is 12.5. The van der Waals surface area contributed by atoms with E-state index in [4.69, 9.17) is 4.74 Å². The highest BCUT2D eigenvalue weighted by Gasteiger charge is 2.25. The van der Waals surface area contributed by atoms with Gasteiger partial charge >= 0.3 is 6.03 Å². The quantitative estimate of drug-likeness (QED) is 0.898. The lowest BCUT2D eigenvalue weighted by atomic mass is 10.1. The maximum absolute atomic E-state index is 12.5. The Balaban J connectivity index is 1.49. The zero-order valence-corrected chi connectivity index (χ0v) is 14.6. The molecule has 0 aliphatic carbocycles. The summed E-state index contributed by atoms with van der Waals surface area (Å²) >= 11 is 0. The number of rotatable bonds is 4. The SMILES string of the molecule is Cn1ccnc1CNC(=O)N1CCCO[C@@H](CN2CCCCC2)C1. The van der Waals surface area contributed by atoms with Gasteiger partial charge in [-0.2, -0.15) is 0 Å². The van der Waals surface area contributed by atoms with E-state index in [-0.39, 0.29) is 12.1 Å². The van der Waals surface area contributed by atoms with Crippen molar-refractivity contribution in [3.05, 3.63) is 18.2 Å². The molecule has 2 saturated heterocycles. The molecule has 3 heterocycles. The average Bonchev–Trinajstić information content (AvgIpc) is 2.86. The smallest absolute Gasteiger partial charge is 0.317 e. The van der Waals surface area contributed by atoms with Crippen molar-refractivity contribution < 1.29 is 9.53 Å². The van der Waals surface area contributed by atoms with Gasteiger partial charge in [-0.1, -0.05) is 6.42 Å². The van der Waals surface area contributed by atoms with E-state index in [0.717, 1.165) is 45.0 Å². The topological polar surface area (TPSA) is 62.6 Å². The summed E-state index contributed by atoms with van der Waals surface area (Å²) in [6.07, 6.45) is 8.53. The molecule has 0 saturated carbocycles. The molecular weight excluding hydrogens is 306 g/mol. The van der Waals surface area contributed by atoms with Crippen LogP contribution in [0.3, 0.4) is 0 Å². The summed E-state index contributed by atoms with van der Waals surface area (Å²) in [6.45, 7) is 5.86. The Hall–Kier alpha value is -1.60. The third-order valence-electron chi connectivity index (χ3n) is 4.87. The van der Waals surface area contributed by atoms with Crippen LogP contribution in [0.5, 0.6) is 0 Å². The normalized spacial score (nSPS) is 23.0. The Morgan fingerprint density at radius 1 is 1.29 bits per heavy atom. The number of likely N-dealkylation sites (tertiary alicyclic amines) is 1. The second-order valence-corrected chi connectivity index (χ2v) is 6.77. The molecule has 1 aromatic rings. The van der Waals surface area contributed by atoms with Crippen LogP contribution in [0.4, 0.5) is 4.79 Å². The fraction of sp³-hybridized carbons (Fsp3) is 0.765. The first-order valence-corrected chi connectivity index (χ1v) is 9.05. The van der Waals surface area contributed by atoms with Crippen molar-refractivity contribution in [2.45, 2.75) is 38.3 Å². The Bertz CT molecular complexity index is 527. The van der Waals surface area contributed by atoms with E-state index < -0.39 is 0 Å². The summed E-state index contributed by atoms with van der Waals surface area (Å²) < 4.78 is 7.90. The predicted octanol–water partition coefficient (Wildman–Crippen LogP) is 1.21. The minimum Gasteiger partial charge on any atom is -0.375 e. The van der Waals surface area contributed by atoms with Crippen LogP contribution in [0.1, 0.15) is 31.5 Å². The number of aryl methyl sites for hydroxylation is 1. The molecule has 2 amide bonds. The van der Waals surface area contributed by atoms with Crippen LogP contribution in [0, 0.1) is 0 Å². The predicted molar refractivity (Wildman–Crippen MR) is 91.7 cm³/mol. The van der Waals surface area contributed by atoms with E-state index in [1.54, 1.807) is 6.20 Å². The van der Waals surface area contributed by atoms with E-state index in [1.165, 1.54) is 19.3 Å². The molecule has 7 nitrogen and oxygen atoms in total. The van der Waals surface area contributed by atoms with Gasteiger partial charge in [-0.05, 0) is 32.4 Å². The van der Waals surface area contributed by atoms with Gasteiger partial charge in [-0.15, -0.1) is 0 Å². The third kappa shape index (κ3) is 4.70. The number of nitrogens with zero attached hydrogens (tertiary/aromatic N) is 4. The van der Waals surface area contributed by atoms with Crippen LogP contribution in [0.2, 0.25) is 0 Å². The molecule has 0 bridgehead atoms. The standard InChI is InChI=1S/C17H29N5O2/c1-20-10-6-18-16(20)12-19-17(23)22-9-5-11-24-15(14-22)13-21-7-3-2-4-8-21/h6,10,15H,2-5,7-9,11-14H2,1H3,(H,19,23)/t15-/m0/s1. The highest BCUT2D eigenvalue weighted by molar-refractivity contribution is 5.74. The minimum atomic E-state index is -0.0212. The number of carbonyl (C=O) groups excluding carboxylic acids is 1. The van der Waals surface area contributed by atoms with E-state index in [1.807, 2.05) is 22.7 Å². The first kappa shape index (κ1) is 17.2. The fourth-order valence-electron chi connectivity index (χ4n) is 3.45. The molecule has 0 unspecified atom stereocenters. The molecule has 2 fully saturated rings. The third-order valence-corrected chi connectivity index (χ3v) is 4.87. The number of carbonyl (C=O) groups is 1. The van der Waals surface area contributed by atoms with Crippen LogP contribution < -0.4 is 5.32 Å². The summed E-state index contributed by atoms with van der Waals surface area (Å²) in [5, 5.41) is 2.98. The van der Waals surface area contributed by atoms with Gasteiger partial charge in [0.1, 0.15) is 5.82 Å². The van der Waals surface area contributed by atoms with Crippen molar-refractivity contribution in [2.75, 3.05) is 39.3 Å². The first-order chi connectivity index (χ1) is 11.7. The van der Waals surface area contributed by atoms with E-state index in [9.17, 15) is 4.79 Å². The van der Waals surface area contributed by atoms with Gasteiger partial charge < -0.3 is 24.4 Å². The highest BCUT2D eigenvalue weighted by Crippen LogP contribution is 2.13. The van der Waals surface area contributed by atoms with Crippen LogP contribution in [0.15, 0.2) is 12.4 Å². The zero-order chi connectivity index (χ0) is 16.8. The van der Waals surface area contributed by atoms with Gasteiger partial charge in [0.2, 0.25) is 0 Å². The first-order valence-electron chi connectivity index (χ1n) is 9.05. The Kier molecular flexibility index (Phi) is 6.09. The molecule has 2 aliphatic heterocycles. The summed E-state index contributed by atoms with van der Waals surface area (Å²) in [4.78, 5) is 21.1. The molecule has 24 heavy (non-hydrogen) atoms. The van der Waals surface area contributed by atoms with Crippen molar-refractivity contribution in [1.82, 2.24) is 24.7 Å². The maximum Gasteiger partial charge on any atom is 0.317 e. The van der Waals surface area contributed by atoms with Gasteiger partial charge in [-0.3, -0.25) is 0 Å². The molecule has 7 heteroatoms. The van der Waals surface area contributed by atoms with E-state index in [0.29, 0.717) is 13.1 Å². The largest absolute Gasteiger partial charge is 0.375 e. The number of imidazole rings is 1. The molecule has 1 aromatic heterocycles. The van der Waals surface area contributed by atoms with Crippen LogP contribution in [-0.4, -0.2) is 70.8 Å². The molecule has 0 radical (unpaired) electrons. The van der Waals surface area contributed by atoms with Crippen molar-refractivity contribution in [3.8, 4) is 0 Å². The number of nitrogens with one attached hydrogen (secondary N) is 1. The average molecular weight is 335 g/mol. The number of urea groups is 1. The Labute approximate surface area is 144 Å². The Morgan fingerprint density at radius 3 is 2.88 bits per heavy atom. The van der Waals surface area contributed by atoms with Gasteiger partial charge in [0.15, 0.2) is 0 Å². The molecule has 0 spiro atoms. The van der Waals surface area contributed by atoms with Crippen LogP contribution >= 0.6 is 0 Å². The second-order valence-electron chi connectivity index (χ2n) is 6.77. The zero-order valence-electron chi connectivity index (χ0n) is 14.6. The lowest BCUT2D eigenvalue weighted by Gasteiger charge is -2.31. The van der Waals surface area contributed by atoms with Crippen molar-refractivity contribution in [3.63, 3.8) is 0 Å². The Morgan fingerprint density at radius 2 is 2.12 bits per heavy atom. The van der Waals surface area contributed by atoms with Crippen molar-refractivity contribution in [2.24, 2.45) is 7.05 Å². The molecule has 134 valence electrons. The van der Waals surface area contributed by atoms with Gasteiger partial charge in [0, 0.05) is 45.7 Å². The molecule has 0 aromatic carbocycles. The van der Waals surface area contributed by atoms with E-state index >= 15 is 0 Å². The molecule has 2 aliphatic rings. The number of piperidine rings is 1. The van der Waals surface area contributed by atoms with Crippen LogP contribution in [-0.2, 0) is 18.3 Å². The number of hydrogen-bond donors (Lipinski definition) is 1. The number of amides is 2. The molecule has 1 atom stereocenters. The van der Waals surface area contributed by atoms with Gasteiger partial charge in [0.05, 0.1) is 12.6 Å². The van der Waals surface area contributed by atoms with Crippen molar-refractivity contribution >= 4 is 6.03 Å². The molecule has 3 rings (SSSR count). The highest BCUT2D eigenvalue weighted by atomic mass is 16.5. The van der Waals surface area contributed by atoms with Gasteiger partial charge in [0.25, 0.3) is 0 Å². The van der Waals surface area contributed by atoms with Crippen molar-refractivity contribution in [1.29, 1.82) is 0 Å². The minimum absolute atomic E-state index is 0.0212. The lowest BCUT2D eigenvalue weighted by molar-refractivity contribution is 0.0256. The lowest BCUT2D eigenvalue weighted by Crippen LogP contribution is -2.46. The summed E-state index contributed by atoms with van der Waals surface area (Å²) in [5.74, 6) is 0.860. The van der Waals surface area contributed by atoms with Gasteiger partial charge in [-0.25, -0.2) is 9.78 Å². The fourth-order valence-corrected chi connectivity index (χ4v) is 3.45. The summed E-state index contributed by atoms with van der Waals surface area (Å²) in [6, 6.07) is -0.0212. The second kappa shape index (κ2) is 8.48. The summed E-state index contributed by atoms with van der Waals surface area (Å²) in [7, 11) is 1.93. The molecule has 1 N–H and O–H groups in total. The molecular formula is C17H29N5O2. The van der Waals surface area contributed by atoms with Crippen LogP contribution in [0.25, 0.3) is 0 Å². The number of ether oxygens (including phenoxy) is 1.